The standard InChI is InChI=1S/C14H14N2O3/c15-8-10-6-14(17)16(9-10)11-2-3-12-13(7-11)19-5-1-4-18-12/h2-3,7,10H,1,4-6,9H2. The van der Waals surface area contributed by atoms with Crippen molar-refractivity contribution in [2.24, 2.45) is 5.92 Å². The number of amides is 1. The first-order chi connectivity index (χ1) is 9.28. The van der Waals surface area contributed by atoms with Crippen LogP contribution in [0.5, 0.6) is 11.5 Å². The van der Waals surface area contributed by atoms with Crippen molar-refractivity contribution in [1.29, 1.82) is 5.26 Å². The fourth-order valence-electron chi connectivity index (χ4n) is 2.36. The lowest BCUT2D eigenvalue weighted by Crippen LogP contribution is -2.24. The van der Waals surface area contributed by atoms with E-state index >= 15 is 0 Å². The van der Waals surface area contributed by atoms with Crippen molar-refractivity contribution in [3.05, 3.63) is 18.2 Å². The van der Waals surface area contributed by atoms with Crippen LogP contribution in [0.1, 0.15) is 12.8 Å². The van der Waals surface area contributed by atoms with Crippen LogP contribution in [-0.2, 0) is 4.79 Å². The minimum absolute atomic E-state index is 0.0129. The number of nitriles is 1. The smallest absolute Gasteiger partial charge is 0.228 e. The van der Waals surface area contributed by atoms with Gasteiger partial charge in [0.05, 0.1) is 25.2 Å². The predicted molar refractivity (Wildman–Crippen MR) is 68.1 cm³/mol. The Morgan fingerprint density at radius 2 is 2.05 bits per heavy atom. The molecule has 1 fully saturated rings. The van der Waals surface area contributed by atoms with Crippen LogP contribution >= 0.6 is 0 Å². The van der Waals surface area contributed by atoms with Crippen LogP contribution in [0.3, 0.4) is 0 Å². The third-order valence-corrected chi connectivity index (χ3v) is 3.35. The second-order valence-electron chi connectivity index (χ2n) is 4.72. The molecule has 2 aliphatic heterocycles. The largest absolute Gasteiger partial charge is 0.490 e. The number of carbonyl (C=O) groups excluding carboxylic acids is 1. The maximum atomic E-state index is 11.9. The van der Waals surface area contributed by atoms with E-state index in [2.05, 4.69) is 6.07 Å². The molecule has 5 heteroatoms. The minimum Gasteiger partial charge on any atom is -0.490 e. The first-order valence-electron chi connectivity index (χ1n) is 6.37. The quantitative estimate of drug-likeness (QED) is 0.769. The van der Waals surface area contributed by atoms with Crippen molar-refractivity contribution in [2.75, 3.05) is 24.7 Å². The number of hydrogen-bond acceptors (Lipinski definition) is 4. The molecule has 0 aromatic heterocycles. The van der Waals surface area contributed by atoms with Crippen molar-refractivity contribution in [3.63, 3.8) is 0 Å². The molecule has 1 saturated heterocycles. The van der Waals surface area contributed by atoms with Gasteiger partial charge in [-0.1, -0.05) is 0 Å². The highest BCUT2D eigenvalue weighted by molar-refractivity contribution is 5.96. The Morgan fingerprint density at radius 1 is 1.26 bits per heavy atom. The highest BCUT2D eigenvalue weighted by Crippen LogP contribution is 2.35. The van der Waals surface area contributed by atoms with Gasteiger partial charge in [0.25, 0.3) is 0 Å². The zero-order valence-corrected chi connectivity index (χ0v) is 10.5. The van der Waals surface area contributed by atoms with Gasteiger partial charge in [0, 0.05) is 31.1 Å². The first kappa shape index (κ1) is 11.8. The molecule has 1 amide bonds. The Balaban J connectivity index is 1.88. The van der Waals surface area contributed by atoms with Gasteiger partial charge in [0.15, 0.2) is 11.5 Å². The van der Waals surface area contributed by atoms with Gasteiger partial charge in [-0.3, -0.25) is 4.79 Å². The summed E-state index contributed by atoms with van der Waals surface area (Å²) < 4.78 is 11.2. The third-order valence-electron chi connectivity index (χ3n) is 3.35. The number of nitrogens with zero attached hydrogens (tertiary/aromatic N) is 2. The molecule has 1 unspecified atom stereocenters. The summed E-state index contributed by atoms with van der Waals surface area (Å²) in [5, 5.41) is 8.90. The van der Waals surface area contributed by atoms with Crippen LogP contribution in [0.2, 0.25) is 0 Å². The van der Waals surface area contributed by atoms with E-state index in [0.717, 1.165) is 12.1 Å². The van der Waals surface area contributed by atoms with Gasteiger partial charge in [0.1, 0.15) is 0 Å². The number of benzene rings is 1. The maximum Gasteiger partial charge on any atom is 0.228 e. The Bertz CT molecular complexity index is 550. The zero-order valence-electron chi connectivity index (χ0n) is 10.5. The fraction of sp³-hybridized carbons (Fsp3) is 0.429. The lowest BCUT2D eigenvalue weighted by Gasteiger charge is -2.17. The first-order valence-corrected chi connectivity index (χ1v) is 6.37. The van der Waals surface area contributed by atoms with Gasteiger partial charge >= 0.3 is 0 Å². The van der Waals surface area contributed by atoms with Gasteiger partial charge in [-0.05, 0) is 12.1 Å². The van der Waals surface area contributed by atoms with Crippen LogP contribution in [0.15, 0.2) is 18.2 Å². The second-order valence-corrected chi connectivity index (χ2v) is 4.72. The summed E-state index contributed by atoms with van der Waals surface area (Å²) in [5.41, 5.74) is 0.770. The fourth-order valence-corrected chi connectivity index (χ4v) is 2.36. The summed E-state index contributed by atoms with van der Waals surface area (Å²) in [7, 11) is 0. The SMILES string of the molecule is N#CC1CC(=O)N(c2ccc3c(c2)OCCCO3)C1. The van der Waals surface area contributed by atoms with Crippen LogP contribution in [0.25, 0.3) is 0 Å². The number of fused-ring (bicyclic) bond motifs is 1. The number of ether oxygens (including phenoxy) is 2. The molecule has 0 radical (unpaired) electrons. The van der Waals surface area contributed by atoms with E-state index < -0.39 is 0 Å². The molecule has 0 N–H and O–H groups in total. The summed E-state index contributed by atoms with van der Waals surface area (Å²) in [4.78, 5) is 13.5. The second kappa shape index (κ2) is 4.81. The van der Waals surface area contributed by atoms with Crippen LogP contribution in [0.4, 0.5) is 5.69 Å². The molecular weight excluding hydrogens is 244 g/mol. The van der Waals surface area contributed by atoms with E-state index in [-0.39, 0.29) is 11.8 Å². The van der Waals surface area contributed by atoms with Crippen molar-refractivity contribution in [3.8, 4) is 17.6 Å². The molecular formula is C14H14N2O3. The maximum absolute atomic E-state index is 11.9. The summed E-state index contributed by atoms with van der Waals surface area (Å²) >= 11 is 0. The minimum atomic E-state index is -0.219. The lowest BCUT2D eigenvalue weighted by atomic mass is 10.1. The molecule has 2 heterocycles. The number of hydrogen-bond donors (Lipinski definition) is 0. The van der Waals surface area contributed by atoms with Crippen molar-refractivity contribution < 1.29 is 14.3 Å². The molecule has 3 rings (SSSR count). The lowest BCUT2D eigenvalue weighted by molar-refractivity contribution is -0.117. The Kier molecular flexibility index (Phi) is 3.00. The van der Waals surface area contributed by atoms with E-state index in [4.69, 9.17) is 14.7 Å². The zero-order chi connectivity index (χ0) is 13.2. The average molecular weight is 258 g/mol. The molecule has 19 heavy (non-hydrogen) atoms. The monoisotopic (exact) mass is 258 g/mol. The Morgan fingerprint density at radius 3 is 2.79 bits per heavy atom. The van der Waals surface area contributed by atoms with Gasteiger partial charge in [-0.25, -0.2) is 0 Å². The van der Waals surface area contributed by atoms with E-state index in [1.54, 1.807) is 4.90 Å². The van der Waals surface area contributed by atoms with E-state index in [1.165, 1.54) is 0 Å². The third kappa shape index (κ3) is 2.22. The summed E-state index contributed by atoms with van der Waals surface area (Å²) in [6, 6.07) is 7.63. The number of rotatable bonds is 1. The molecule has 0 saturated carbocycles. The average Bonchev–Trinajstić information content (AvgIpc) is 2.66. The van der Waals surface area contributed by atoms with Gasteiger partial charge < -0.3 is 14.4 Å². The van der Waals surface area contributed by atoms with Crippen LogP contribution < -0.4 is 14.4 Å². The molecule has 1 atom stereocenters. The Hall–Kier alpha value is -2.22. The summed E-state index contributed by atoms with van der Waals surface area (Å²) in [6.07, 6.45) is 1.15. The topological polar surface area (TPSA) is 62.6 Å². The predicted octanol–water partition coefficient (Wildman–Crippen LogP) is 1.72. The molecule has 1 aromatic rings. The van der Waals surface area contributed by atoms with Crippen LogP contribution in [-0.4, -0.2) is 25.7 Å². The van der Waals surface area contributed by atoms with E-state index in [9.17, 15) is 4.79 Å². The van der Waals surface area contributed by atoms with E-state index in [0.29, 0.717) is 37.7 Å². The van der Waals surface area contributed by atoms with Gasteiger partial charge in [-0.2, -0.15) is 5.26 Å². The molecule has 0 bridgehead atoms. The molecule has 0 spiro atoms. The van der Waals surface area contributed by atoms with Gasteiger partial charge in [-0.15, -0.1) is 0 Å². The highest BCUT2D eigenvalue weighted by Gasteiger charge is 2.31. The van der Waals surface area contributed by atoms with Crippen molar-refractivity contribution in [1.82, 2.24) is 0 Å². The number of carbonyl (C=O) groups is 1. The van der Waals surface area contributed by atoms with Crippen LogP contribution in [0, 0.1) is 17.2 Å². The molecule has 2 aliphatic rings. The molecule has 0 aliphatic carbocycles. The molecule has 98 valence electrons. The molecule has 5 nitrogen and oxygen atoms in total. The highest BCUT2D eigenvalue weighted by atomic mass is 16.5. The summed E-state index contributed by atoms with van der Waals surface area (Å²) in [5.74, 6) is 1.15. The summed E-state index contributed by atoms with van der Waals surface area (Å²) in [6.45, 7) is 1.71. The van der Waals surface area contributed by atoms with Crippen molar-refractivity contribution >= 4 is 11.6 Å². The normalized spacial score (nSPS) is 21.9. The Labute approximate surface area is 111 Å². The number of anilines is 1. The van der Waals surface area contributed by atoms with Crippen molar-refractivity contribution in [2.45, 2.75) is 12.8 Å². The molecule has 1 aromatic carbocycles. The van der Waals surface area contributed by atoms with Gasteiger partial charge in [0.2, 0.25) is 5.91 Å². The van der Waals surface area contributed by atoms with E-state index in [1.807, 2.05) is 18.2 Å².